The number of esters is 1. The van der Waals surface area contributed by atoms with E-state index in [9.17, 15) is 14.7 Å². The van der Waals surface area contributed by atoms with Crippen molar-refractivity contribution in [3.8, 4) is 5.75 Å². The Labute approximate surface area is 105 Å². The predicted molar refractivity (Wildman–Crippen MR) is 61.3 cm³/mol. The van der Waals surface area contributed by atoms with E-state index in [4.69, 9.17) is 9.84 Å². The molecule has 17 heavy (non-hydrogen) atoms. The summed E-state index contributed by atoms with van der Waals surface area (Å²) in [5.74, 6) is -2.52. The Morgan fingerprint density at radius 2 is 2.24 bits per heavy atom. The fourth-order valence-electron chi connectivity index (χ4n) is 1.83. The normalized spacial score (nSPS) is 18.5. The molecule has 0 saturated heterocycles. The van der Waals surface area contributed by atoms with Crippen molar-refractivity contribution in [3.05, 3.63) is 27.2 Å². The Morgan fingerprint density at radius 3 is 2.82 bits per heavy atom. The molecule has 6 heteroatoms. The molecule has 0 spiro atoms. The molecule has 1 atom stereocenters. The number of carboxylic acid groups (broad SMARTS) is 1. The van der Waals surface area contributed by atoms with Crippen molar-refractivity contribution >= 4 is 27.9 Å². The SMILES string of the molecule is C[C@@H]1Cc2c(Br)cc(C(=O)O)c(O)c2C(=O)O1. The van der Waals surface area contributed by atoms with Gasteiger partial charge >= 0.3 is 11.9 Å². The van der Waals surface area contributed by atoms with Crippen molar-refractivity contribution in [1.82, 2.24) is 0 Å². The molecular formula is C11H9BrO5. The first-order chi connectivity index (χ1) is 7.91. The number of carboxylic acids is 1. The molecule has 1 aromatic rings. The number of aromatic hydroxyl groups is 1. The van der Waals surface area contributed by atoms with E-state index >= 15 is 0 Å². The van der Waals surface area contributed by atoms with Crippen LogP contribution in [0.2, 0.25) is 0 Å². The van der Waals surface area contributed by atoms with Gasteiger partial charge in [0, 0.05) is 10.9 Å². The van der Waals surface area contributed by atoms with Crippen molar-refractivity contribution < 1.29 is 24.5 Å². The zero-order valence-electron chi connectivity index (χ0n) is 8.86. The summed E-state index contributed by atoms with van der Waals surface area (Å²) in [5, 5.41) is 18.7. The van der Waals surface area contributed by atoms with Crippen molar-refractivity contribution in [2.45, 2.75) is 19.4 Å². The van der Waals surface area contributed by atoms with Crippen LogP contribution in [0.5, 0.6) is 5.75 Å². The maximum Gasteiger partial charge on any atom is 0.342 e. The lowest BCUT2D eigenvalue weighted by molar-refractivity contribution is 0.0296. The summed E-state index contributed by atoms with van der Waals surface area (Å²) in [7, 11) is 0. The highest BCUT2D eigenvalue weighted by atomic mass is 79.9. The van der Waals surface area contributed by atoms with Crippen molar-refractivity contribution in [1.29, 1.82) is 0 Å². The first-order valence-corrected chi connectivity index (χ1v) is 5.69. The quantitative estimate of drug-likeness (QED) is 0.775. The molecule has 0 fully saturated rings. The largest absolute Gasteiger partial charge is 0.506 e. The molecule has 1 heterocycles. The number of fused-ring (bicyclic) bond motifs is 1. The molecule has 0 amide bonds. The summed E-state index contributed by atoms with van der Waals surface area (Å²) in [5.41, 5.74) is 0.202. The van der Waals surface area contributed by atoms with Gasteiger partial charge in [-0.15, -0.1) is 0 Å². The molecule has 0 aliphatic carbocycles. The maximum atomic E-state index is 11.6. The van der Waals surface area contributed by atoms with Gasteiger partial charge < -0.3 is 14.9 Å². The van der Waals surface area contributed by atoms with Gasteiger partial charge in [-0.25, -0.2) is 9.59 Å². The molecule has 0 saturated carbocycles. The standard InChI is InChI=1S/C11H9BrO5/c1-4-2-5-7(12)3-6(10(14)15)9(13)8(5)11(16)17-4/h3-4,13H,2H2,1H3,(H,14,15)/t4-/m1/s1. The van der Waals surface area contributed by atoms with Gasteiger partial charge in [0.25, 0.3) is 0 Å². The number of hydrogen-bond acceptors (Lipinski definition) is 4. The second-order valence-corrected chi connectivity index (χ2v) is 4.69. The Balaban J connectivity index is 2.71. The number of carbonyl (C=O) groups excluding carboxylic acids is 1. The van der Waals surface area contributed by atoms with Gasteiger partial charge in [-0.2, -0.15) is 0 Å². The number of ether oxygens (including phenoxy) is 1. The van der Waals surface area contributed by atoms with Gasteiger partial charge in [0.1, 0.15) is 23.0 Å². The van der Waals surface area contributed by atoms with Crippen LogP contribution in [-0.4, -0.2) is 28.3 Å². The highest BCUT2D eigenvalue weighted by Crippen LogP contribution is 2.36. The summed E-state index contributed by atoms with van der Waals surface area (Å²) < 4.78 is 5.46. The third kappa shape index (κ3) is 1.88. The Bertz CT molecular complexity index is 523. The van der Waals surface area contributed by atoms with Gasteiger partial charge in [-0.3, -0.25) is 0 Å². The molecule has 0 radical (unpaired) electrons. The third-order valence-corrected chi connectivity index (χ3v) is 3.29. The second kappa shape index (κ2) is 4.03. The summed E-state index contributed by atoms with van der Waals surface area (Å²) in [6.07, 6.45) is 0.149. The lowest BCUT2D eigenvalue weighted by Crippen LogP contribution is -2.26. The summed E-state index contributed by atoms with van der Waals surface area (Å²) in [6, 6.07) is 1.29. The number of rotatable bonds is 1. The van der Waals surface area contributed by atoms with Gasteiger partial charge in [-0.05, 0) is 18.6 Å². The van der Waals surface area contributed by atoms with Crippen molar-refractivity contribution in [2.24, 2.45) is 0 Å². The fraction of sp³-hybridized carbons (Fsp3) is 0.273. The van der Waals surface area contributed by atoms with E-state index in [0.717, 1.165) is 0 Å². The van der Waals surface area contributed by atoms with E-state index in [1.807, 2.05) is 0 Å². The maximum absolute atomic E-state index is 11.6. The molecule has 5 nitrogen and oxygen atoms in total. The molecule has 1 aromatic carbocycles. The smallest absolute Gasteiger partial charge is 0.342 e. The third-order valence-electron chi connectivity index (χ3n) is 2.59. The van der Waals surface area contributed by atoms with Gasteiger partial charge in [0.15, 0.2) is 0 Å². The Kier molecular flexibility index (Phi) is 2.82. The summed E-state index contributed by atoms with van der Waals surface area (Å²) >= 11 is 3.21. The average molecular weight is 301 g/mol. The highest BCUT2D eigenvalue weighted by molar-refractivity contribution is 9.10. The number of phenols is 1. The van der Waals surface area contributed by atoms with E-state index in [0.29, 0.717) is 16.5 Å². The minimum atomic E-state index is -1.29. The van der Waals surface area contributed by atoms with E-state index in [1.165, 1.54) is 6.07 Å². The van der Waals surface area contributed by atoms with Crippen LogP contribution in [0.4, 0.5) is 0 Å². The van der Waals surface area contributed by atoms with Gasteiger partial charge in [0.2, 0.25) is 0 Å². The molecule has 2 N–H and O–H groups in total. The topological polar surface area (TPSA) is 83.8 Å². The number of halogens is 1. The molecular weight excluding hydrogens is 292 g/mol. The van der Waals surface area contributed by atoms with Crippen LogP contribution in [0, 0.1) is 0 Å². The van der Waals surface area contributed by atoms with Crippen LogP contribution in [0.25, 0.3) is 0 Å². The number of carbonyl (C=O) groups is 2. The lowest BCUT2D eigenvalue weighted by atomic mass is 9.95. The lowest BCUT2D eigenvalue weighted by Gasteiger charge is -2.24. The molecule has 2 rings (SSSR count). The molecule has 90 valence electrons. The number of cyclic esters (lactones) is 1. The number of hydrogen-bond donors (Lipinski definition) is 2. The number of aromatic carboxylic acids is 1. The zero-order chi connectivity index (χ0) is 12.7. The average Bonchev–Trinajstić information content (AvgIpc) is 2.21. The van der Waals surface area contributed by atoms with E-state index < -0.39 is 17.7 Å². The monoisotopic (exact) mass is 300 g/mol. The summed E-state index contributed by atoms with van der Waals surface area (Å²) in [4.78, 5) is 22.5. The van der Waals surface area contributed by atoms with Crippen molar-refractivity contribution in [2.75, 3.05) is 0 Å². The molecule has 0 bridgehead atoms. The molecule has 0 aromatic heterocycles. The van der Waals surface area contributed by atoms with Crippen LogP contribution < -0.4 is 0 Å². The second-order valence-electron chi connectivity index (χ2n) is 3.83. The van der Waals surface area contributed by atoms with Crippen LogP contribution in [0.1, 0.15) is 33.2 Å². The summed E-state index contributed by atoms with van der Waals surface area (Å²) in [6.45, 7) is 1.73. The van der Waals surface area contributed by atoms with Gasteiger partial charge in [0.05, 0.1) is 0 Å². The molecule has 1 aliphatic rings. The van der Waals surface area contributed by atoms with Crippen molar-refractivity contribution in [3.63, 3.8) is 0 Å². The predicted octanol–water partition coefficient (Wildman–Crippen LogP) is 1.95. The minimum absolute atomic E-state index is 0.0603. The molecule has 1 aliphatic heterocycles. The van der Waals surface area contributed by atoms with E-state index in [1.54, 1.807) is 6.92 Å². The number of benzene rings is 1. The van der Waals surface area contributed by atoms with Crippen LogP contribution in [0.15, 0.2) is 10.5 Å². The molecule has 0 unspecified atom stereocenters. The first-order valence-electron chi connectivity index (χ1n) is 4.90. The fourth-order valence-corrected chi connectivity index (χ4v) is 2.42. The first kappa shape index (κ1) is 11.9. The minimum Gasteiger partial charge on any atom is -0.506 e. The Hall–Kier alpha value is -1.56. The van der Waals surface area contributed by atoms with Crippen LogP contribution in [0.3, 0.4) is 0 Å². The van der Waals surface area contributed by atoms with Crippen LogP contribution >= 0.6 is 15.9 Å². The van der Waals surface area contributed by atoms with E-state index in [2.05, 4.69) is 15.9 Å². The zero-order valence-corrected chi connectivity index (χ0v) is 10.4. The Morgan fingerprint density at radius 1 is 1.59 bits per heavy atom. The van der Waals surface area contributed by atoms with Gasteiger partial charge in [-0.1, -0.05) is 15.9 Å². The van der Waals surface area contributed by atoms with E-state index in [-0.39, 0.29) is 17.2 Å². The van der Waals surface area contributed by atoms with Crippen LogP contribution in [-0.2, 0) is 11.2 Å². The highest BCUT2D eigenvalue weighted by Gasteiger charge is 2.31.